The first-order valence-corrected chi connectivity index (χ1v) is 9.60. The van der Waals surface area contributed by atoms with Gasteiger partial charge < -0.3 is 15.0 Å². The van der Waals surface area contributed by atoms with Crippen molar-refractivity contribution < 1.29 is 9.53 Å². The SMILES string of the molecule is CCC(C)(NC(=O)OC(C)(C)C)c1ncc(-c2ccc(SC)cc2)[nH]1. The maximum atomic E-state index is 12.2. The van der Waals surface area contributed by atoms with Crippen LogP contribution in [0.5, 0.6) is 0 Å². The van der Waals surface area contributed by atoms with Gasteiger partial charge in [0.15, 0.2) is 0 Å². The summed E-state index contributed by atoms with van der Waals surface area (Å²) < 4.78 is 5.38. The summed E-state index contributed by atoms with van der Waals surface area (Å²) in [6.45, 7) is 9.49. The standard InChI is InChI=1S/C19H27N3O2S/c1-7-19(5,22-17(23)24-18(2,3)4)16-20-12-15(21-16)13-8-10-14(25-6)11-9-13/h8-12H,7H2,1-6H3,(H,20,21)(H,22,23). The van der Waals surface area contributed by atoms with Crippen LogP contribution in [0.2, 0.25) is 0 Å². The summed E-state index contributed by atoms with van der Waals surface area (Å²) in [6, 6.07) is 8.29. The zero-order valence-corrected chi connectivity index (χ0v) is 16.6. The number of benzene rings is 1. The van der Waals surface area contributed by atoms with E-state index in [1.807, 2.05) is 34.6 Å². The lowest BCUT2D eigenvalue weighted by Gasteiger charge is -2.29. The third-order valence-electron chi connectivity index (χ3n) is 3.98. The first-order valence-electron chi connectivity index (χ1n) is 8.38. The van der Waals surface area contributed by atoms with Crippen molar-refractivity contribution >= 4 is 17.9 Å². The lowest BCUT2D eigenvalue weighted by atomic mass is 9.98. The Morgan fingerprint density at radius 2 is 1.88 bits per heavy atom. The van der Waals surface area contributed by atoms with Gasteiger partial charge in [0.25, 0.3) is 0 Å². The average molecular weight is 362 g/mol. The number of aromatic nitrogens is 2. The van der Waals surface area contributed by atoms with Crippen molar-refractivity contribution in [1.82, 2.24) is 15.3 Å². The van der Waals surface area contributed by atoms with Gasteiger partial charge >= 0.3 is 6.09 Å². The van der Waals surface area contributed by atoms with Gasteiger partial charge in [0.05, 0.1) is 17.4 Å². The summed E-state index contributed by atoms with van der Waals surface area (Å²) in [7, 11) is 0. The number of hydrogen-bond acceptors (Lipinski definition) is 4. The Morgan fingerprint density at radius 3 is 2.40 bits per heavy atom. The van der Waals surface area contributed by atoms with E-state index in [0.717, 1.165) is 11.3 Å². The molecule has 0 fully saturated rings. The normalized spacial score (nSPS) is 14.0. The maximum absolute atomic E-state index is 12.2. The lowest BCUT2D eigenvalue weighted by Crippen LogP contribution is -2.46. The maximum Gasteiger partial charge on any atom is 0.408 e. The minimum absolute atomic E-state index is 0.445. The van der Waals surface area contributed by atoms with Crippen molar-refractivity contribution in [2.24, 2.45) is 0 Å². The molecule has 2 aromatic rings. The molecule has 5 nitrogen and oxygen atoms in total. The first kappa shape index (κ1) is 19.4. The van der Waals surface area contributed by atoms with Gasteiger partial charge in [-0.1, -0.05) is 19.1 Å². The molecule has 2 rings (SSSR count). The van der Waals surface area contributed by atoms with E-state index in [2.05, 4.69) is 45.8 Å². The molecule has 1 heterocycles. The van der Waals surface area contributed by atoms with Gasteiger partial charge in [0.2, 0.25) is 0 Å². The number of thioether (sulfide) groups is 1. The monoisotopic (exact) mass is 361 g/mol. The van der Waals surface area contributed by atoms with Gasteiger partial charge in [0.1, 0.15) is 11.4 Å². The summed E-state index contributed by atoms with van der Waals surface area (Å²) in [5, 5.41) is 2.94. The number of imidazole rings is 1. The zero-order chi connectivity index (χ0) is 18.7. The van der Waals surface area contributed by atoms with E-state index in [-0.39, 0.29) is 0 Å². The van der Waals surface area contributed by atoms with E-state index in [9.17, 15) is 4.79 Å². The minimum atomic E-state index is -0.625. The fourth-order valence-corrected chi connectivity index (χ4v) is 2.77. The summed E-state index contributed by atoms with van der Waals surface area (Å²) in [5.41, 5.74) is 0.826. The number of nitrogens with zero attached hydrogens (tertiary/aromatic N) is 1. The number of carbonyl (C=O) groups is 1. The number of nitrogens with one attached hydrogen (secondary N) is 2. The molecule has 1 atom stereocenters. The van der Waals surface area contributed by atoms with Crippen molar-refractivity contribution in [2.75, 3.05) is 6.26 Å². The number of hydrogen-bond donors (Lipinski definition) is 2. The van der Waals surface area contributed by atoms with Crippen LogP contribution >= 0.6 is 11.8 Å². The molecule has 0 aliphatic heterocycles. The Morgan fingerprint density at radius 1 is 1.24 bits per heavy atom. The Hall–Kier alpha value is -1.95. The van der Waals surface area contributed by atoms with Crippen molar-refractivity contribution in [3.05, 3.63) is 36.3 Å². The van der Waals surface area contributed by atoms with E-state index < -0.39 is 17.2 Å². The summed E-state index contributed by atoms with van der Waals surface area (Å²) in [6.07, 6.45) is 4.09. The number of rotatable bonds is 5. The van der Waals surface area contributed by atoms with Crippen LogP contribution in [0.3, 0.4) is 0 Å². The smallest absolute Gasteiger partial charge is 0.408 e. The summed E-state index contributed by atoms with van der Waals surface area (Å²) in [4.78, 5) is 21.2. The third kappa shape index (κ3) is 5.01. The second-order valence-electron chi connectivity index (χ2n) is 7.19. The fraction of sp³-hybridized carbons (Fsp3) is 0.474. The molecule has 0 saturated carbocycles. The predicted molar refractivity (Wildman–Crippen MR) is 103 cm³/mol. The van der Waals surface area contributed by atoms with Gasteiger partial charge in [-0.15, -0.1) is 11.8 Å². The predicted octanol–water partition coefficient (Wildman–Crippen LogP) is 4.95. The zero-order valence-electron chi connectivity index (χ0n) is 15.8. The molecule has 0 aliphatic carbocycles. The Kier molecular flexibility index (Phi) is 5.83. The van der Waals surface area contributed by atoms with Gasteiger partial charge in [-0.05, 0) is 58.1 Å². The highest BCUT2D eigenvalue weighted by Crippen LogP contribution is 2.27. The summed E-state index contributed by atoms with van der Waals surface area (Å²) in [5.74, 6) is 0.713. The highest BCUT2D eigenvalue weighted by molar-refractivity contribution is 7.98. The molecule has 1 amide bonds. The second kappa shape index (κ2) is 7.52. The largest absolute Gasteiger partial charge is 0.444 e. The molecule has 2 N–H and O–H groups in total. The van der Waals surface area contributed by atoms with Crippen LogP contribution in [0.4, 0.5) is 4.79 Å². The van der Waals surface area contributed by atoms with Gasteiger partial charge in [0, 0.05) is 4.90 Å². The van der Waals surface area contributed by atoms with E-state index in [4.69, 9.17) is 4.74 Å². The van der Waals surface area contributed by atoms with Crippen molar-refractivity contribution in [1.29, 1.82) is 0 Å². The molecule has 0 aliphatic rings. The molecule has 136 valence electrons. The number of amides is 1. The average Bonchev–Trinajstić information content (AvgIpc) is 3.03. The molecule has 6 heteroatoms. The fourth-order valence-electron chi connectivity index (χ4n) is 2.36. The lowest BCUT2D eigenvalue weighted by molar-refractivity contribution is 0.0453. The third-order valence-corrected chi connectivity index (χ3v) is 4.73. The van der Waals surface area contributed by atoms with Crippen LogP contribution in [-0.4, -0.2) is 27.9 Å². The van der Waals surface area contributed by atoms with E-state index in [1.165, 1.54) is 4.90 Å². The Balaban J connectivity index is 2.20. The number of H-pyrrole nitrogens is 1. The van der Waals surface area contributed by atoms with Crippen LogP contribution in [0.1, 0.15) is 46.9 Å². The van der Waals surface area contributed by atoms with Crippen molar-refractivity contribution in [3.63, 3.8) is 0 Å². The molecular weight excluding hydrogens is 334 g/mol. The number of carbonyl (C=O) groups excluding carboxylic acids is 1. The molecular formula is C19H27N3O2S. The van der Waals surface area contributed by atoms with E-state index >= 15 is 0 Å². The topological polar surface area (TPSA) is 67.0 Å². The van der Waals surface area contributed by atoms with Crippen molar-refractivity contribution in [2.45, 2.75) is 57.1 Å². The van der Waals surface area contributed by atoms with Crippen LogP contribution in [0.15, 0.2) is 35.4 Å². The molecule has 0 saturated heterocycles. The molecule has 0 radical (unpaired) electrons. The molecule has 25 heavy (non-hydrogen) atoms. The molecule has 0 spiro atoms. The molecule has 1 aromatic heterocycles. The molecule has 1 aromatic carbocycles. The van der Waals surface area contributed by atoms with Crippen LogP contribution in [0, 0.1) is 0 Å². The van der Waals surface area contributed by atoms with E-state index in [1.54, 1.807) is 18.0 Å². The number of alkyl carbamates (subject to hydrolysis) is 1. The Labute approximate surface area is 154 Å². The van der Waals surface area contributed by atoms with Crippen LogP contribution in [0.25, 0.3) is 11.3 Å². The van der Waals surface area contributed by atoms with E-state index in [0.29, 0.717) is 12.2 Å². The van der Waals surface area contributed by atoms with Gasteiger partial charge in [-0.2, -0.15) is 0 Å². The first-order chi connectivity index (χ1) is 11.7. The highest BCUT2D eigenvalue weighted by atomic mass is 32.2. The molecule has 0 bridgehead atoms. The minimum Gasteiger partial charge on any atom is -0.444 e. The van der Waals surface area contributed by atoms with Gasteiger partial charge in [-0.25, -0.2) is 9.78 Å². The number of aromatic amines is 1. The van der Waals surface area contributed by atoms with Crippen LogP contribution in [-0.2, 0) is 10.3 Å². The Bertz CT molecular complexity index is 719. The quantitative estimate of drug-likeness (QED) is 0.740. The van der Waals surface area contributed by atoms with Crippen LogP contribution < -0.4 is 5.32 Å². The second-order valence-corrected chi connectivity index (χ2v) is 8.07. The van der Waals surface area contributed by atoms with Gasteiger partial charge in [-0.3, -0.25) is 0 Å². The summed E-state index contributed by atoms with van der Waals surface area (Å²) >= 11 is 1.71. The highest BCUT2D eigenvalue weighted by Gasteiger charge is 2.32. The number of ether oxygens (including phenoxy) is 1. The molecule has 1 unspecified atom stereocenters. The van der Waals surface area contributed by atoms with Crippen molar-refractivity contribution in [3.8, 4) is 11.3 Å².